The molecule has 0 radical (unpaired) electrons. The average Bonchev–Trinajstić information content (AvgIpc) is 3.31. The fourth-order valence-corrected chi connectivity index (χ4v) is 8.00. The van der Waals surface area contributed by atoms with E-state index in [1.54, 1.807) is 31.2 Å². The van der Waals surface area contributed by atoms with Gasteiger partial charge < -0.3 is 10.5 Å². The Kier molecular flexibility index (Phi) is 8.90. The Morgan fingerprint density at radius 3 is 2.05 bits per heavy atom. The zero-order chi connectivity index (χ0) is 31.8. The lowest BCUT2D eigenvalue weighted by Crippen LogP contribution is -2.42. The number of esters is 1. The van der Waals surface area contributed by atoms with Gasteiger partial charge in [-0.25, -0.2) is 13.2 Å². The number of aromatic nitrogens is 1. The normalized spacial score (nSPS) is 15.6. The van der Waals surface area contributed by atoms with Crippen LogP contribution in [0.2, 0.25) is 0 Å². The van der Waals surface area contributed by atoms with E-state index in [1.165, 1.54) is 12.1 Å². The molecule has 1 aromatic heterocycles. The van der Waals surface area contributed by atoms with Gasteiger partial charge in [-0.3, -0.25) is 9.36 Å². The maximum Gasteiger partial charge on any atom is 0.346 e. The molecular weight excluding hydrogens is 593 g/mol. The first-order valence-corrected chi connectivity index (χ1v) is 17.0. The van der Waals surface area contributed by atoms with Crippen LogP contribution in [0.15, 0.2) is 88.8 Å². The second-order valence-corrected chi connectivity index (χ2v) is 14.3. The van der Waals surface area contributed by atoms with Crippen molar-refractivity contribution >= 4 is 50.1 Å². The van der Waals surface area contributed by atoms with Crippen LogP contribution in [0.25, 0.3) is 11.0 Å². The molecule has 44 heavy (non-hydrogen) atoms. The lowest BCUT2D eigenvalue weighted by atomic mass is 10.0. The standard InChI is InChI=1S/C35H36N2O5S2/c1-6-42-35(39)32-30-28(20-23-12-14-24(15-13-23)21(2)3)29(36)34(44(40,41)27-10-8-7-9-11-27)37(30)33(38)31(43-32)26-18-16-25(17-19-26)22(4)5/h7-22,31H,6,36H2,1-5H3/b28-20+/t31-/m0/s1. The van der Waals surface area contributed by atoms with Crippen LogP contribution in [-0.2, 0) is 19.4 Å². The van der Waals surface area contributed by atoms with Gasteiger partial charge in [0.2, 0.25) is 15.7 Å². The number of nitrogens with zero attached hydrogens (tertiary/aromatic N) is 1. The van der Waals surface area contributed by atoms with E-state index in [9.17, 15) is 18.0 Å². The Bertz CT molecular complexity index is 1940. The number of nitrogens with two attached hydrogens (primary N) is 1. The SMILES string of the molecule is CCOC(=O)C1=c2/c(=C/c3ccc(C(C)C)cc3)c(N)c(S(=O)(=O)c3ccccc3)n2C(=O)[C@H](c2ccc(C(C)C)cc2)S1. The topological polar surface area (TPSA) is 108 Å². The molecule has 5 rings (SSSR count). The van der Waals surface area contributed by atoms with Gasteiger partial charge in [0.1, 0.15) is 10.2 Å². The summed E-state index contributed by atoms with van der Waals surface area (Å²) in [5, 5.41) is -0.875. The third-order valence-electron chi connectivity index (χ3n) is 7.69. The van der Waals surface area contributed by atoms with Crippen LogP contribution >= 0.6 is 11.8 Å². The molecule has 2 heterocycles. The average molecular weight is 629 g/mol. The zero-order valence-electron chi connectivity index (χ0n) is 25.4. The molecule has 0 saturated heterocycles. The van der Waals surface area contributed by atoms with Crippen molar-refractivity contribution in [3.05, 3.63) is 112 Å². The quantitative estimate of drug-likeness (QED) is 0.247. The first-order valence-electron chi connectivity index (χ1n) is 14.6. The molecule has 0 amide bonds. The Morgan fingerprint density at radius 1 is 0.932 bits per heavy atom. The number of nitrogen functional groups attached to an aromatic ring is 1. The van der Waals surface area contributed by atoms with E-state index in [0.717, 1.165) is 33.0 Å². The number of carbonyl (C=O) groups is 2. The fourth-order valence-electron chi connectivity index (χ4n) is 5.23. The van der Waals surface area contributed by atoms with Gasteiger partial charge in [0.25, 0.3) is 0 Å². The summed E-state index contributed by atoms with van der Waals surface area (Å²) in [6.07, 6.45) is 1.72. The molecule has 9 heteroatoms. The lowest BCUT2D eigenvalue weighted by Gasteiger charge is -2.24. The Labute approximate surface area is 262 Å². The van der Waals surface area contributed by atoms with Crippen LogP contribution in [0.1, 0.15) is 78.8 Å². The molecule has 0 fully saturated rings. The minimum Gasteiger partial charge on any atom is -0.462 e. The number of anilines is 1. The number of rotatable bonds is 8. The Morgan fingerprint density at radius 2 is 1.50 bits per heavy atom. The predicted molar refractivity (Wildman–Crippen MR) is 176 cm³/mol. The molecule has 0 saturated carbocycles. The summed E-state index contributed by atoms with van der Waals surface area (Å²) in [7, 11) is -4.30. The maximum atomic E-state index is 14.4. The highest BCUT2D eigenvalue weighted by Crippen LogP contribution is 2.41. The molecule has 0 aliphatic carbocycles. The van der Waals surface area contributed by atoms with E-state index in [-0.39, 0.29) is 43.6 Å². The molecule has 0 spiro atoms. The lowest BCUT2D eigenvalue weighted by molar-refractivity contribution is -0.135. The van der Waals surface area contributed by atoms with E-state index in [1.807, 2.05) is 48.5 Å². The van der Waals surface area contributed by atoms with E-state index in [0.29, 0.717) is 11.5 Å². The summed E-state index contributed by atoms with van der Waals surface area (Å²) in [5.74, 6) is -0.553. The molecule has 4 aromatic rings. The third kappa shape index (κ3) is 5.74. The highest BCUT2D eigenvalue weighted by molar-refractivity contribution is 8.10. The molecule has 0 bridgehead atoms. The first-order chi connectivity index (χ1) is 20.9. The number of benzene rings is 3. The van der Waals surface area contributed by atoms with Crippen LogP contribution in [-0.4, -0.2) is 31.5 Å². The van der Waals surface area contributed by atoms with Crippen molar-refractivity contribution in [3.63, 3.8) is 0 Å². The third-order valence-corrected chi connectivity index (χ3v) is 10.8. The van der Waals surface area contributed by atoms with Crippen molar-refractivity contribution in [3.8, 4) is 0 Å². The number of hydrogen-bond donors (Lipinski definition) is 1. The van der Waals surface area contributed by atoms with Gasteiger partial charge in [-0.1, -0.05) is 106 Å². The largest absolute Gasteiger partial charge is 0.462 e. The summed E-state index contributed by atoms with van der Waals surface area (Å²) in [6, 6.07) is 23.2. The molecule has 0 unspecified atom stereocenters. The van der Waals surface area contributed by atoms with Crippen molar-refractivity contribution in [1.82, 2.24) is 4.57 Å². The van der Waals surface area contributed by atoms with Crippen LogP contribution in [0.5, 0.6) is 0 Å². The number of carbonyl (C=O) groups excluding carboxylic acids is 2. The van der Waals surface area contributed by atoms with Crippen molar-refractivity contribution in [1.29, 1.82) is 0 Å². The summed E-state index contributed by atoms with van der Waals surface area (Å²) in [4.78, 5) is 28.1. The fraction of sp³-hybridized carbons (Fsp3) is 0.257. The van der Waals surface area contributed by atoms with Gasteiger partial charge in [0.05, 0.1) is 22.5 Å². The second kappa shape index (κ2) is 12.5. The van der Waals surface area contributed by atoms with Crippen LogP contribution in [0.3, 0.4) is 0 Å². The highest BCUT2D eigenvalue weighted by Gasteiger charge is 2.40. The highest BCUT2D eigenvalue weighted by atomic mass is 32.2. The molecule has 3 aromatic carbocycles. The zero-order valence-corrected chi connectivity index (χ0v) is 27.0. The van der Waals surface area contributed by atoms with E-state index >= 15 is 0 Å². The van der Waals surface area contributed by atoms with Crippen molar-refractivity contribution in [2.24, 2.45) is 0 Å². The van der Waals surface area contributed by atoms with Gasteiger partial charge in [0.15, 0.2) is 5.03 Å². The Balaban J connectivity index is 1.86. The molecule has 1 aliphatic heterocycles. The molecule has 1 atom stereocenters. The van der Waals surface area contributed by atoms with Crippen LogP contribution in [0.4, 0.5) is 5.69 Å². The van der Waals surface area contributed by atoms with Crippen LogP contribution in [0, 0.1) is 0 Å². The monoisotopic (exact) mass is 628 g/mol. The van der Waals surface area contributed by atoms with Crippen molar-refractivity contribution < 1.29 is 22.7 Å². The van der Waals surface area contributed by atoms with Crippen molar-refractivity contribution in [2.45, 2.75) is 61.6 Å². The van der Waals surface area contributed by atoms with Gasteiger partial charge in [-0.2, -0.15) is 0 Å². The summed E-state index contributed by atoms with van der Waals surface area (Å²) in [6.45, 7) is 10.1. The number of sulfone groups is 1. The smallest absolute Gasteiger partial charge is 0.346 e. The number of fused-ring (bicyclic) bond motifs is 1. The minimum atomic E-state index is -4.30. The summed E-state index contributed by atoms with van der Waals surface area (Å²) < 4.78 is 35.0. The number of ether oxygens (including phenoxy) is 1. The second-order valence-electron chi connectivity index (χ2n) is 11.3. The molecule has 2 N–H and O–H groups in total. The molecule has 228 valence electrons. The minimum absolute atomic E-state index is 0.0126. The van der Waals surface area contributed by atoms with E-state index in [4.69, 9.17) is 10.5 Å². The maximum absolute atomic E-state index is 14.4. The first kappa shape index (κ1) is 31.3. The van der Waals surface area contributed by atoms with Crippen molar-refractivity contribution in [2.75, 3.05) is 12.3 Å². The van der Waals surface area contributed by atoms with Gasteiger partial charge in [0, 0.05) is 5.22 Å². The number of hydrogen-bond acceptors (Lipinski definition) is 7. The van der Waals surface area contributed by atoms with Gasteiger partial charge >= 0.3 is 5.97 Å². The molecule has 7 nitrogen and oxygen atoms in total. The number of thioether (sulfide) groups is 1. The van der Waals surface area contributed by atoms with Gasteiger partial charge in [-0.15, -0.1) is 0 Å². The molecule has 1 aliphatic rings. The predicted octanol–water partition coefficient (Wildman–Crippen LogP) is 5.78. The Hall–Kier alpha value is -4.08. The van der Waals surface area contributed by atoms with E-state index in [2.05, 4.69) is 27.7 Å². The van der Waals surface area contributed by atoms with Crippen LogP contribution < -0.4 is 16.3 Å². The van der Waals surface area contributed by atoms with E-state index < -0.39 is 27.0 Å². The summed E-state index contributed by atoms with van der Waals surface area (Å²) in [5.41, 5.74) is 10.2. The molecular formula is C35H36N2O5S2. The summed E-state index contributed by atoms with van der Waals surface area (Å²) >= 11 is 1.06. The van der Waals surface area contributed by atoms with Gasteiger partial charge in [-0.05, 0) is 59.2 Å².